The fourth-order valence-electron chi connectivity index (χ4n) is 7.17. The van der Waals surface area contributed by atoms with Gasteiger partial charge >= 0.3 is 0 Å². The summed E-state index contributed by atoms with van der Waals surface area (Å²) in [5.41, 5.74) is 17.2. The molecule has 0 N–H and O–H groups in total. The Morgan fingerprint density at radius 2 is 0.854 bits per heavy atom. The molecule has 0 saturated carbocycles. The van der Waals surface area contributed by atoms with Gasteiger partial charge in [-0.3, -0.25) is 0 Å². The molecule has 0 aromatic heterocycles. The van der Waals surface area contributed by atoms with E-state index in [4.69, 9.17) is 0 Å². The van der Waals surface area contributed by atoms with Crippen molar-refractivity contribution in [1.82, 2.24) is 0 Å². The van der Waals surface area contributed by atoms with Crippen molar-refractivity contribution in [3.05, 3.63) is 165 Å². The molecular formula is C46H42BN. The van der Waals surface area contributed by atoms with Gasteiger partial charge in [-0.15, -0.1) is 0 Å². The van der Waals surface area contributed by atoms with E-state index in [1.165, 1.54) is 49.8 Å². The van der Waals surface area contributed by atoms with E-state index in [1.807, 2.05) is 14.1 Å². The molecule has 6 aromatic rings. The van der Waals surface area contributed by atoms with Crippen LogP contribution in [0.1, 0.15) is 55.6 Å². The molecular weight excluding hydrogens is 577 g/mol. The molecule has 0 aliphatic carbocycles. The fourth-order valence-corrected chi connectivity index (χ4v) is 7.17. The SMILES string of the molecule is Cc1cc(C)c(B(c2ccc(C#Cc3ccc(C#Cc4ccc(N(C)C)cc4)c4ccccc34)cc2)c2c(C)cc(C)cc2C)c(C)c1. The van der Waals surface area contributed by atoms with Gasteiger partial charge in [-0.05, 0) is 101 Å². The Labute approximate surface area is 287 Å². The third-order valence-corrected chi connectivity index (χ3v) is 9.29. The van der Waals surface area contributed by atoms with Crippen molar-refractivity contribution in [2.75, 3.05) is 19.0 Å². The van der Waals surface area contributed by atoms with Crippen molar-refractivity contribution < 1.29 is 0 Å². The van der Waals surface area contributed by atoms with Crippen molar-refractivity contribution in [3.8, 4) is 23.7 Å². The van der Waals surface area contributed by atoms with E-state index in [0.29, 0.717) is 0 Å². The average molecular weight is 620 g/mol. The molecule has 6 aromatic carbocycles. The largest absolute Gasteiger partial charge is 0.378 e. The molecule has 0 atom stereocenters. The topological polar surface area (TPSA) is 3.24 Å². The Morgan fingerprint density at radius 3 is 1.25 bits per heavy atom. The maximum atomic E-state index is 3.48. The highest BCUT2D eigenvalue weighted by molar-refractivity contribution is 6.96. The average Bonchev–Trinajstić information content (AvgIpc) is 3.05. The summed E-state index contributed by atoms with van der Waals surface area (Å²) >= 11 is 0. The Morgan fingerprint density at radius 1 is 0.458 bits per heavy atom. The molecule has 0 fully saturated rings. The van der Waals surface area contributed by atoms with Gasteiger partial charge in [0.25, 0.3) is 0 Å². The highest BCUT2D eigenvalue weighted by atomic mass is 15.1. The van der Waals surface area contributed by atoms with Gasteiger partial charge in [-0.2, -0.15) is 0 Å². The van der Waals surface area contributed by atoms with Gasteiger partial charge in [0.2, 0.25) is 6.71 Å². The summed E-state index contributed by atoms with van der Waals surface area (Å²) in [6.45, 7) is 13.5. The molecule has 1 nitrogen and oxygen atoms in total. The maximum Gasteiger partial charge on any atom is 0.242 e. The smallest absolute Gasteiger partial charge is 0.242 e. The van der Waals surface area contributed by atoms with Crippen LogP contribution in [0.15, 0.2) is 109 Å². The Balaban J connectivity index is 1.34. The van der Waals surface area contributed by atoms with E-state index in [-0.39, 0.29) is 6.71 Å². The first-order valence-electron chi connectivity index (χ1n) is 16.7. The summed E-state index contributed by atoms with van der Waals surface area (Å²) in [7, 11) is 4.09. The molecule has 48 heavy (non-hydrogen) atoms. The Kier molecular flexibility index (Phi) is 9.30. The Hall–Kier alpha value is -5.44. The predicted molar refractivity (Wildman–Crippen MR) is 209 cm³/mol. The van der Waals surface area contributed by atoms with Gasteiger partial charge < -0.3 is 4.90 Å². The van der Waals surface area contributed by atoms with Crippen molar-refractivity contribution in [1.29, 1.82) is 0 Å². The molecule has 234 valence electrons. The molecule has 0 spiro atoms. The van der Waals surface area contributed by atoms with E-state index >= 15 is 0 Å². The second-order valence-electron chi connectivity index (χ2n) is 13.3. The van der Waals surface area contributed by atoms with Crippen LogP contribution >= 0.6 is 0 Å². The molecule has 0 aliphatic rings. The fraction of sp³-hybridized carbons (Fsp3) is 0.174. The lowest BCUT2D eigenvalue weighted by atomic mass is 9.34. The third kappa shape index (κ3) is 6.81. The van der Waals surface area contributed by atoms with Gasteiger partial charge in [-0.1, -0.05) is 134 Å². The number of benzene rings is 6. The van der Waals surface area contributed by atoms with Crippen LogP contribution in [0.5, 0.6) is 0 Å². The predicted octanol–water partition coefficient (Wildman–Crippen LogP) is 8.07. The van der Waals surface area contributed by atoms with Crippen LogP contribution in [0, 0.1) is 65.2 Å². The third-order valence-electron chi connectivity index (χ3n) is 9.29. The maximum absolute atomic E-state index is 3.48. The van der Waals surface area contributed by atoms with Gasteiger partial charge in [0.15, 0.2) is 0 Å². The molecule has 0 saturated heterocycles. The zero-order valence-electron chi connectivity index (χ0n) is 29.4. The molecule has 2 heteroatoms. The van der Waals surface area contributed by atoms with Crippen LogP contribution in [-0.2, 0) is 0 Å². The molecule has 0 unspecified atom stereocenters. The quantitative estimate of drug-likeness (QED) is 0.143. The number of hydrogen-bond donors (Lipinski definition) is 0. The number of aryl methyl sites for hydroxylation is 6. The van der Waals surface area contributed by atoms with Crippen molar-refractivity contribution in [2.24, 2.45) is 0 Å². The molecule has 0 radical (unpaired) electrons. The summed E-state index contributed by atoms with van der Waals surface area (Å²) in [4.78, 5) is 2.09. The van der Waals surface area contributed by atoms with Gasteiger partial charge in [-0.25, -0.2) is 0 Å². The summed E-state index contributed by atoms with van der Waals surface area (Å²) in [6, 6.07) is 39.1. The second-order valence-corrected chi connectivity index (χ2v) is 13.3. The summed E-state index contributed by atoms with van der Waals surface area (Å²) < 4.78 is 0. The molecule has 0 amide bonds. The Bertz CT molecular complexity index is 2160. The molecule has 0 bridgehead atoms. The highest BCUT2D eigenvalue weighted by Crippen LogP contribution is 2.22. The first-order valence-corrected chi connectivity index (χ1v) is 16.7. The molecule has 6 rings (SSSR count). The van der Waals surface area contributed by atoms with Gasteiger partial charge in [0.05, 0.1) is 0 Å². The minimum atomic E-state index is 0.150. The lowest BCUT2D eigenvalue weighted by Crippen LogP contribution is -2.55. The van der Waals surface area contributed by atoms with E-state index in [9.17, 15) is 0 Å². The molecule has 0 aliphatic heterocycles. The lowest BCUT2D eigenvalue weighted by molar-refractivity contribution is 1.13. The minimum absolute atomic E-state index is 0.150. The standard InChI is InChI=1S/C46H42BN/c1-31-27-33(3)45(34(4)28-31)47(46-35(5)29-32(2)30-36(46)6)41-23-15-37(16-24-41)13-19-39-21-22-40(44-12-10-9-11-43(39)44)20-14-38-17-25-42(26-18-38)48(7)8/h9-12,15-18,21-30H,1-8H3. The lowest BCUT2D eigenvalue weighted by Gasteiger charge is -2.24. The monoisotopic (exact) mass is 619 g/mol. The summed E-state index contributed by atoms with van der Waals surface area (Å²) in [6.07, 6.45) is 0. The summed E-state index contributed by atoms with van der Waals surface area (Å²) in [5, 5.41) is 2.24. The van der Waals surface area contributed by atoms with Crippen LogP contribution in [0.2, 0.25) is 0 Å². The van der Waals surface area contributed by atoms with E-state index in [0.717, 1.165) is 38.7 Å². The number of nitrogens with zero attached hydrogens (tertiary/aromatic N) is 1. The van der Waals surface area contributed by atoms with Crippen LogP contribution in [0.25, 0.3) is 10.8 Å². The van der Waals surface area contributed by atoms with Crippen LogP contribution in [0.3, 0.4) is 0 Å². The van der Waals surface area contributed by atoms with Gasteiger partial charge in [0, 0.05) is 42.0 Å². The zero-order chi connectivity index (χ0) is 33.9. The first kappa shape index (κ1) is 32.5. The number of rotatable bonds is 4. The summed E-state index contributed by atoms with van der Waals surface area (Å²) in [5.74, 6) is 13.7. The minimum Gasteiger partial charge on any atom is -0.378 e. The van der Waals surface area contributed by atoms with Crippen molar-refractivity contribution in [2.45, 2.75) is 41.5 Å². The van der Waals surface area contributed by atoms with Gasteiger partial charge in [0.1, 0.15) is 0 Å². The van der Waals surface area contributed by atoms with Crippen LogP contribution < -0.4 is 21.3 Å². The zero-order valence-corrected chi connectivity index (χ0v) is 29.4. The van der Waals surface area contributed by atoms with Crippen molar-refractivity contribution in [3.63, 3.8) is 0 Å². The number of fused-ring (bicyclic) bond motifs is 1. The number of anilines is 1. The van der Waals surface area contributed by atoms with Crippen LogP contribution in [-0.4, -0.2) is 20.8 Å². The first-order chi connectivity index (χ1) is 23.1. The number of hydrogen-bond acceptors (Lipinski definition) is 1. The van der Waals surface area contributed by atoms with Crippen molar-refractivity contribution >= 4 is 39.6 Å². The van der Waals surface area contributed by atoms with E-state index in [1.54, 1.807) is 0 Å². The van der Waals surface area contributed by atoms with E-state index in [2.05, 4.69) is 179 Å². The normalized spacial score (nSPS) is 10.6. The second kappa shape index (κ2) is 13.7. The van der Waals surface area contributed by atoms with E-state index < -0.39 is 0 Å². The highest BCUT2D eigenvalue weighted by Gasteiger charge is 2.28. The van der Waals surface area contributed by atoms with Crippen LogP contribution in [0.4, 0.5) is 5.69 Å². The molecule has 0 heterocycles.